The summed E-state index contributed by atoms with van der Waals surface area (Å²) in [5.74, 6) is -1.15. The summed E-state index contributed by atoms with van der Waals surface area (Å²) in [6.07, 6.45) is 4.10. The van der Waals surface area contributed by atoms with Crippen molar-refractivity contribution in [3.05, 3.63) is 38.9 Å². The molecule has 2 aromatic heterocycles. The van der Waals surface area contributed by atoms with E-state index in [-0.39, 0.29) is 24.3 Å². The molecule has 166 valence electrons. The number of aromatic nitrogens is 2. The highest BCUT2D eigenvalue weighted by molar-refractivity contribution is 7.98. The third-order valence-electron chi connectivity index (χ3n) is 4.50. The molecule has 0 spiro atoms. The second kappa shape index (κ2) is 10.9. The lowest BCUT2D eigenvalue weighted by Crippen LogP contribution is -2.47. The number of thiazole rings is 1. The van der Waals surface area contributed by atoms with Crippen LogP contribution in [0.5, 0.6) is 0 Å². The van der Waals surface area contributed by atoms with E-state index < -0.39 is 11.8 Å². The fourth-order valence-corrected chi connectivity index (χ4v) is 4.75. The van der Waals surface area contributed by atoms with Crippen molar-refractivity contribution in [3.63, 3.8) is 0 Å². The summed E-state index contributed by atoms with van der Waals surface area (Å²) in [6.45, 7) is 1.83. The number of carbonyl (C=O) groups excluding carboxylic acids is 3. The number of fused-ring (bicyclic) bond motifs is 1. The van der Waals surface area contributed by atoms with Crippen molar-refractivity contribution in [2.45, 2.75) is 19.0 Å². The van der Waals surface area contributed by atoms with E-state index in [2.05, 4.69) is 30.8 Å². The van der Waals surface area contributed by atoms with Gasteiger partial charge in [0, 0.05) is 42.9 Å². The molecule has 0 aliphatic carbocycles. The molecule has 0 radical (unpaired) electrons. The number of anilines is 1. The van der Waals surface area contributed by atoms with Gasteiger partial charge in [-0.2, -0.15) is 11.8 Å². The van der Waals surface area contributed by atoms with E-state index in [4.69, 9.17) is 11.6 Å². The number of halogens is 1. The maximum atomic E-state index is 12.7. The van der Waals surface area contributed by atoms with Crippen LogP contribution >= 0.6 is 34.7 Å². The molecule has 1 aliphatic rings. The first-order valence-corrected chi connectivity index (χ1v) is 12.1. The van der Waals surface area contributed by atoms with Gasteiger partial charge in [0.25, 0.3) is 5.91 Å². The van der Waals surface area contributed by atoms with Gasteiger partial charge in [0.15, 0.2) is 5.01 Å². The monoisotopic (exact) mass is 482 g/mol. The average molecular weight is 483 g/mol. The topological polar surface area (TPSA) is 116 Å². The highest BCUT2D eigenvalue weighted by atomic mass is 35.5. The Balaban J connectivity index is 1.53. The Bertz CT molecular complexity index is 953. The Morgan fingerprint density at radius 1 is 1.32 bits per heavy atom. The second-order valence-corrected chi connectivity index (χ2v) is 9.46. The zero-order chi connectivity index (χ0) is 22.4. The number of hydrogen-bond donors (Lipinski definition) is 3. The summed E-state index contributed by atoms with van der Waals surface area (Å²) < 4.78 is 0. The molecule has 2 aromatic rings. The minimum Gasteiger partial charge on any atom is -0.346 e. The van der Waals surface area contributed by atoms with Gasteiger partial charge in [-0.15, -0.1) is 11.3 Å². The van der Waals surface area contributed by atoms with Gasteiger partial charge in [-0.3, -0.25) is 14.4 Å². The van der Waals surface area contributed by atoms with Gasteiger partial charge in [-0.1, -0.05) is 11.6 Å². The summed E-state index contributed by atoms with van der Waals surface area (Å²) in [6, 6.07) is 2.70. The van der Waals surface area contributed by atoms with Crippen LogP contribution in [-0.4, -0.2) is 70.8 Å². The minimum atomic E-state index is -0.847. The second-order valence-electron chi connectivity index (χ2n) is 7.03. The van der Waals surface area contributed by atoms with Crippen LogP contribution in [0.3, 0.4) is 0 Å². The zero-order valence-corrected chi connectivity index (χ0v) is 19.5. The number of amides is 3. The van der Waals surface area contributed by atoms with Crippen LogP contribution in [-0.2, 0) is 22.6 Å². The molecule has 3 heterocycles. The van der Waals surface area contributed by atoms with Crippen LogP contribution in [0.4, 0.5) is 5.82 Å². The van der Waals surface area contributed by atoms with Gasteiger partial charge in [0.05, 0.1) is 16.8 Å². The van der Waals surface area contributed by atoms with E-state index in [0.29, 0.717) is 15.8 Å². The lowest BCUT2D eigenvalue weighted by atomic mass is 10.2. The fourth-order valence-electron chi connectivity index (χ4n) is 2.94. The quantitative estimate of drug-likeness (QED) is 0.510. The fraction of sp³-hybridized carbons (Fsp3) is 0.421. The maximum absolute atomic E-state index is 12.7. The number of hydrogen-bond acceptors (Lipinski definition) is 8. The van der Waals surface area contributed by atoms with Gasteiger partial charge in [0.1, 0.15) is 5.82 Å². The average Bonchev–Trinajstić information content (AvgIpc) is 3.17. The molecule has 0 saturated carbocycles. The summed E-state index contributed by atoms with van der Waals surface area (Å²) in [4.78, 5) is 48.6. The molecule has 0 saturated heterocycles. The van der Waals surface area contributed by atoms with E-state index in [1.54, 1.807) is 6.07 Å². The number of pyridine rings is 1. The molecule has 0 bridgehead atoms. The first-order chi connectivity index (χ1) is 14.9. The molecular weight excluding hydrogens is 460 g/mol. The van der Waals surface area contributed by atoms with Gasteiger partial charge in [0.2, 0.25) is 0 Å². The Morgan fingerprint density at radius 2 is 2.13 bits per heavy atom. The van der Waals surface area contributed by atoms with Crippen LogP contribution in [0, 0.1) is 0 Å². The number of carbonyl (C=O) groups is 3. The molecule has 31 heavy (non-hydrogen) atoms. The highest BCUT2D eigenvalue weighted by Crippen LogP contribution is 2.24. The van der Waals surface area contributed by atoms with Crippen molar-refractivity contribution in [1.82, 2.24) is 25.5 Å². The van der Waals surface area contributed by atoms with Gasteiger partial charge >= 0.3 is 11.8 Å². The first kappa shape index (κ1) is 23.5. The van der Waals surface area contributed by atoms with E-state index in [1.165, 1.54) is 35.4 Å². The third-order valence-corrected chi connectivity index (χ3v) is 6.54. The lowest BCUT2D eigenvalue weighted by Gasteiger charge is -2.20. The van der Waals surface area contributed by atoms with E-state index in [1.807, 2.05) is 13.3 Å². The van der Waals surface area contributed by atoms with Crippen molar-refractivity contribution in [3.8, 4) is 0 Å². The number of nitrogens with one attached hydrogen (secondary N) is 3. The van der Waals surface area contributed by atoms with Gasteiger partial charge in [-0.25, -0.2) is 9.97 Å². The lowest BCUT2D eigenvalue weighted by molar-refractivity contribution is -0.136. The zero-order valence-electron chi connectivity index (χ0n) is 17.1. The summed E-state index contributed by atoms with van der Waals surface area (Å²) in [5, 5.41) is 8.70. The van der Waals surface area contributed by atoms with E-state index >= 15 is 0 Å². The molecule has 3 rings (SSSR count). The molecule has 3 N–H and O–H groups in total. The number of rotatable bonds is 7. The van der Waals surface area contributed by atoms with Crippen molar-refractivity contribution < 1.29 is 14.4 Å². The first-order valence-electron chi connectivity index (χ1n) is 9.53. The van der Waals surface area contributed by atoms with Crippen molar-refractivity contribution in [2.75, 3.05) is 37.5 Å². The highest BCUT2D eigenvalue weighted by Gasteiger charge is 2.23. The largest absolute Gasteiger partial charge is 0.346 e. The van der Waals surface area contributed by atoms with Crippen LogP contribution in [0.25, 0.3) is 0 Å². The SMILES string of the molecule is CSCC(CNC(=O)C(=O)Nc1ccc(Cl)cn1)NC(=O)c1nc2c(s1)CN(C)CC2. The van der Waals surface area contributed by atoms with E-state index in [0.717, 1.165) is 30.1 Å². The molecule has 0 fully saturated rings. The molecule has 9 nitrogen and oxygen atoms in total. The van der Waals surface area contributed by atoms with Crippen LogP contribution in [0.1, 0.15) is 20.4 Å². The Morgan fingerprint density at radius 3 is 2.84 bits per heavy atom. The Kier molecular flexibility index (Phi) is 8.24. The predicted molar refractivity (Wildman–Crippen MR) is 123 cm³/mol. The van der Waals surface area contributed by atoms with Gasteiger partial charge < -0.3 is 20.9 Å². The summed E-state index contributed by atoms with van der Waals surface area (Å²) in [5.41, 5.74) is 0.982. The maximum Gasteiger partial charge on any atom is 0.314 e. The van der Waals surface area contributed by atoms with Gasteiger partial charge in [-0.05, 0) is 25.4 Å². The molecule has 12 heteroatoms. The summed E-state index contributed by atoms with van der Waals surface area (Å²) >= 11 is 8.68. The third kappa shape index (κ3) is 6.63. The molecule has 3 amide bonds. The molecule has 1 unspecified atom stereocenters. The number of thioether (sulfide) groups is 1. The Hall–Kier alpha value is -2.21. The van der Waals surface area contributed by atoms with Crippen molar-refractivity contribution in [1.29, 1.82) is 0 Å². The van der Waals surface area contributed by atoms with Crippen LogP contribution in [0.15, 0.2) is 18.3 Å². The smallest absolute Gasteiger partial charge is 0.314 e. The van der Waals surface area contributed by atoms with Crippen molar-refractivity contribution in [2.24, 2.45) is 0 Å². The molecule has 0 aromatic carbocycles. The standard InChI is InChI=1S/C19H23ClN6O3S2/c1-26-6-5-13-14(9-26)31-19(24-13)18(29)23-12(10-30-2)8-22-16(27)17(28)25-15-4-3-11(20)7-21-15/h3-4,7,12H,5-6,8-10H2,1-2H3,(H,22,27)(H,23,29)(H,21,25,28). The summed E-state index contributed by atoms with van der Waals surface area (Å²) in [7, 11) is 2.04. The van der Waals surface area contributed by atoms with Crippen molar-refractivity contribution >= 4 is 58.2 Å². The molecular formula is C19H23ClN6O3S2. The molecule has 1 atom stereocenters. The minimum absolute atomic E-state index is 0.112. The van der Waals surface area contributed by atoms with Crippen LogP contribution < -0.4 is 16.0 Å². The number of likely N-dealkylation sites (N-methyl/N-ethyl adjacent to an activating group) is 1. The normalized spacial score (nSPS) is 14.4. The Labute approximate surface area is 193 Å². The predicted octanol–water partition coefficient (Wildman–Crippen LogP) is 1.40. The molecule has 1 aliphatic heterocycles. The van der Waals surface area contributed by atoms with E-state index in [9.17, 15) is 14.4 Å². The van der Waals surface area contributed by atoms with Crippen LogP contribution in [0.2, 0.25) is 5.02 Å². The number of nitrogens with zero attached hydrogens (tertiary/aromatic N) is 3.